The fraction of sp³-hybridized carbons (Fsp3) is 0.625. The molecule has 3 rings (SSSR count). The molecule has 0 radical (unpaired) electrons. The molecule has 0 bridgehead atoms. The summed E-state index contributed by atoms with van der Waals surface area (Å²) in [5, 5.41) is 9.56. The molecule has 110 valence electrons. The molecule has 0 amide bonds. The van der Waals surface area contributed by atoms with Gasteiger partial charge in [-0.3, -0.25) is 4.90 Å². The number of aliphatic hydroxyl groups excluding tert-OH is 1. The highest BCUT2D eigenvalue weighted by atomic mass is 16.6. The minimum absolute atomic E-state index is 0.0528. The van der Waals surface area contributed by atoms with E-state index in [4.69, 9.17) is 9.47 Å². The van der Waals surface area contributed by atoms with Gasteiger partial charge in [-0.1, -0.05) is 25.0 Å². The van der Waals surface area contributed by atoms with E-state index < -0.39 is 0 Å². The van der Waals surface area contributed by atoms with E-state index in [-0.39, 0.29) is 18.8 Å². The molecule has 2 aliphatic rings. The second-order valence-corrected chi connectivity index (χ2v) is 5.68. The largest absolute Gasteiger partial charge is 0.486 e. The number of likely N-dealkylation sites (tertiary alicyclic amines) is 1. The Morgan fingerprint density at radius 1 is 1.15 bits per heavy atom. The highest BCUT2D eigenvalue weighted by Gasteiger charge is 2.27. The summed E-state index contributed by atoms with van der Waals surface area (Å²) in [4.78, 5) is 2.37. The number of hydrogen-bond donors (Lipinski definition) is 1. The molecule has 1 fully saturated rings. The van der Waals surface area contributed by atoms with Gasteiger partial charge in [0.2, 0.25) is 0 Å². The van der Waals surface area contributed by atoms with Crippen LogP contribution in [-0.4, -0.2) is 48.5 Å². The lowest BCUT2D eigenvalue weighted by Gasteiger charge is -2.34. The number of rotatable bonds is 3. The van der Waals surface area contributed by atoms with Crippen LogP contribution in [0.5, 0.6) is 11.5 Å². The smallest absolute Gasteiger partial charge is 0.161 e. The van der Waals surface area contributed by atoms with E-state index in [0.29, 0.717) is 6.61 Å². The van der Waals surface area contributed by atoms with Crippen molar-refractivity contribution in [1.82, 2.24) is 4.90 Å². The fourth-order valence-corrected chi connectivity index (χ4v) is 3.10. The molecule has 4 nitrogen and oxygen atoms in total. The summed E-state index contributed by atoms with van der Waals surface area (Å²) in [6, 6.07) is 8.09. The van der Waals surface area contributed by atoms with Gasteiger partial charge in [-0.25, -0.2) is 0 Å². The molecule has 0 aliphatic carbocycles. The molecule has 2 unspecified atom stereocenters. The number of ether oxygens (including phenoxy) is 2. The third-order valence-electron chi connectivity index (χ3n) is 4.22. The van der Waals surface area contributed by atoms with Crippen LogP contribution in [0.1, 0.15) is 25.7 Å². The summed E-state index contributed by atoms with van der Waals surface area (Å²) in [5.41, 5.74) is 0. The molecule has 2 atom stereocenters. The molecule has 1 N–H and O–H groups in total. The van der Waals surface area contributed by atoms with E-state index in [0.717, 1.165) is 31.0 Å². The van der Waals surface area contributed by atoms with Crippen molar-refractivity contribution in [3.8, 4) is 11.5 Å². The van der Waals surface area contributed by atoms with Crippen LogP contribution >= 0.6 is 0 Å². The monoisotopic (exact) mass is 277 g/mol. The zero-order chi connectivity index (χ0) is 13.8. The lowest BCUT2D eigenvalue weighted by Crippen LogP contribution is -2.46. The van der Waals surface area contributed by atoms with Crippen molar-refractivity contribution in [2.75, 3.05) is 26.3 Å². The standard InChI is InChI=1S/C16H23NO3/c18-11-13-6-2-1-5-9-17(13)10-14-12-19-15-7-3-4-8-16(15)20-14/h3-4,7-8,13-14,18H,1-2,5-6,9-12H2. The number of para-hydroxylation sites is 2. The molecule has 1 aromatic carbocycles. The highest BCUT2D eigenvalue weighted by molar-refractivity contribution is 5.40. The molecule has 20 heavy (non-hydrogen) atoms. The van der Waals surface area contributed by atoms with Gasteiger partial charge in [0.25, 0.3) is 0 Å². The normalized spacial score (nSPS) is 27.1. The number of aliphatic hydroxyl groups is 1. The van der Waals surface area contributed by atoms with Gasteiger partial charge in [0, 0.05) is 12.6 Å². The molecule has 1 saturated heterocycles. The van der Waals surface area contributed by atoms with Gasteiger partial charge in [-0.15, -0.1) is 0 Å². The van der Waals surface area contributed by atoms with Crippen molar-refractivity contribution in [3.63, 3.8) is 0 Å². The van der Waals surface area contributed by atoms with Crippen LogP contribution in [0.3, 0.4) is 0 Å². The van der Waals surface area contributed by atoms with Crippen LogP contribution in [0, 0.1) is 0 Å². The summed E-state index contributed by atoms with van der Waals surface area (Å²) < 4.78 is 11.8. The third-order valence-corrected chi connectivity index (χ3v) is 4.22. The van der Waals surface area contributed by atoms with Crippen molar-refractivity contribution >= 4 is 0 Å². The number of nitrogens with zero attached hydrogens (tertiary/aromatic N) is 1. The molecular formula is C16H23NO3. The fourth-order valence-electron chi connectivity index (χ4n) is 3.10. The van der Waals surface area contributed by atoms with Gasteiger partial charge in [-0.05, 0) is 31.5 Å². The highest BCUT2D eigenvalue weighted by Crippen LogP contribution is 2.31. The Bertz CT molecular complexity index is 437. The van der Waals surface area contributed by atoms with Gasteiger partial charge < -0.3 is 14.6 Å². The van der Waals surface area contributed by atoms with E-state index >= 15 is 0 Å². The second-order valence-electron chi connectivity index (χ2n) is 5.68. The van der Waals surface area contributed by atoms with Crippen molar-refractivity contribution in [2.24, 2.45) is 0 Å². The van der Waals surface area contributed by atoms with Gasteiger partial charge in [0.15, 0.2) is 11.5 Å². The molecular weight excluding hydrogens is 254 g/mol. The first-order valence-electron chi connectivity index (χ1n) is 7.60. The van der Waals surface area contributed by atoms with E-state index in [9.17, 15) is 5.11 Å². The van der Waals surface area contributed by atoms with Crippen LogP contribution in [0.25, 0.3) is 0 Å². The average Bonchev–Trinajstić information content (AvgIpc) is 2.72. The van der Waals surface area contributed by atoms with Gasteiger partial charge >= 0.3 is 0 Å². The maximum atomic E-state index is 9.56. The summed E-state index contributed by atoms with van der Waals surface area (Å²) in [5.74, 6) is 1.66. The Kier molecular flexibility index (Phi) is 4.43. The summed E-state index contributed by atoms with van der Waals surface area (Å²) in [6.07, 6.45) is 4.82. The first-order valence-corrected chi connectivity index (χ1v) is 7.60. The molecule has 2 heterocycles. The van der Waals surface area contributed by atoms with E-state index in [2.05, 4.69) is 4.90 Å². The van der Waals surface area contributed by atoms with Gasteiger partial charge in [0.05, 0.1) is 6.61 Å². The minimum atomic E-state index is 0.0528. The summed E-state index contributed by atoms with van der Waals surface area (Å²) in [6.45, 7) is 2.71. The van der Waals surface area contributed by atoms with E-state index in [1.807, 2.05) is 24.3 Å². The number of benzene rings is 1. The van der Waals surface area contributed by atoms with E-state index in [1.54, 1.807) is 0 Å². The zero-order valence-corrected chi connectivity index (χ0v) is 11.8. The molecule has 0 spiro atoms. The Morgan fingerprint density at radius 2 is 2.00 bits per heavy atom. The molecule has 1 aromatic rings. The van der Waals surface area contributed by atoms with Crippen molar-refractivity contribution in [3.05, 3.63) is 24.3 Å². The topological polar surface area (TPSA) is 41.9 Å². The maximum Gasteiger partial charge on any atom is 0.161 e. The van der Waals surface area contributed by atoms with E-state index in [1.165, 1.54) is 19.3 Å². The van der Waals surface area contributed by atoms with Crippen LogP contribution in [-0.2, 0) is 0 Å². The van der Waals surface area contributed by atoms with Crippen LogP contribution in [0.4, 0.5) is 0 Å². The lowest BCUT2D eigenvalue weighted by atomic mass is 10.1. The van der Waals surface area contributed by atoms with Crippen LogP contribution in [0.15, 0.2) is 24.3 Å². The van der Waals surface area contributed by atoms with Crippen molar-refractivity contribution < 1.29 is 14.6 Å². The number of hydrogen-bond acceptors (Lipinski definition) is 4. The lowest BCUT2D eigenvalue weighted by molar-refractivity contribution is 0.0339. The van der Waals surface area contributed by atoms with Gasteiger partial charge in [0.1, 0.15) is 12.7 Å². The first kappa shape index (κ1) is 13.7. The number of fused-ring (bicyclic) bond motifs is 1. The average molecular weight is 277 g/mol. The summed E-state index contributed by atoms with van der Waals surface area (Å²) in [7, 11) is 0. The molecule has 4 heteroatoms. The van der Waals surface area contributed by atoms with Gasteiger partial charge in [-0.2, -0.15) is 0 Å². The Hall–Kier alpha value is -1.26. The predicted octanol–water partition coefficient (Wildman–Crippen LogP) is 2.06. The predicted molar refractivity (Wildman–Crippen MR) is 77.3 cm³/mol. The third kappa shape index (κ3) is 3.07. The van der Waals surface area contributed by atoms with Crippen molar-refractivity contribution in [1.29, 1.82) is 0 Å². The minimum Gasteiger partial charge on any atom is -0.486 e. The van der Waals surface area contributed by atoms with Crippen molar-refractivity contribution in [2.45, 2.75) is 37.8 Å². The molecule has 0 saturated carbocycles. The van der Waals surface area contributed by atoms with Crippen LogP contribution < -0.4 is 9.47 Å². The first-order chi connectivity index (χ1) is 9.86. The Labute approximate surface area is 120 Å². The Morgan fingerprint density at radius 3 is 2.85 bits per heavy atom. The quantitative estimate of drug-likeness (QED) is 0.918. The maximum absolute atomic E-state index is 9.56. The second kappa shape index (κ2) is 6.46. The molecule has 2 aliphatic heterocycles. The zero-order valence-electron chi connectivity index (χ0n) is 11.8. The Balaban J connectivity index is 1.63. The molecule has 0 aromatic heterocycles. The SMILES string of the molecule is OCC1CCCCCN1CC1COc2ccccc2O1. The van der Waals surface area contributed by atoms with Crippen LogP contribution in [0.2, 0.25) is 0 Å². The summed E-state index contributed by atoms with van der Waals surface area (Å²) >= 11 is 0.